The molecule has 7 heteroatoms. The highest BCUT2D eigenvalue weighted by Gasteiger charge is 2.25. The van der Waals surface area contributed by atoms with Crippen molar-refractivity contribution in [3.8, 4) is 11.3 Å². The molecular weight excluding hydrogens is 397 g/mol. The Bertz CT molecular complexity index is 968. The predicted octanol–water partition coefficient (Wildman–Crippen LogP) is 4.29. The first kappa shape index (κ1) is 20.8. The van der Waals surface area contributed by atoms with E-state index in [1.807, 2.05) is 25.1 Å². The van der Waals surface area contributed by atoms with Crippen molar-refractivity contribution in [1.82, 2.24) is 15.2 Å². The number of likely N-dealkylation sites (N-methyl/N-ethyl adjacent to an activating group) is 1. The molecule has 0 unspecified atom stereocenters. The van der Waals surface area contributed by atoms with Gasteiger partial charge in [0.1, 0.15) is 11.6 Å². The molecule has 0 atom stereocenters. The van der Waals surface area contributed by atoms with E-state index in [9.17, 15) is 4.39 Å². The van der Waals surface area contributed by atoms with Gasteiger partial charge >= 0.3 is 0 Å². The van der Waals surface area contributed by atoms with Crippen LogP contribution in [0.2, 0.25) is 0 Å². The molecule has 0 radical (unpaired) electrons. The number of aliphatic imine (C=N–C) groups is 1. The minimum absolute atomic E-state index is 0.274. The Morgan fingerprint density at radius 1 is 1.27 bits per heavy atom. The molecule has 2 heterocycles. The van der Waals surface area contributed by atoms with E-state index < -0.39 is 0 Å². The molecule has 30 heavy (non-hydrogen) atoms. The lowest BCUT2D eigenvalue weighted by Gasteiger charge is -2.32. The molecule has 1 saturated heterocycles. The maximum atomic E-state index is 14.7. The molecule has 158 valence electrons. The van der Waals surface area contributed by atoms with Crippen LogP contribution < -0.4 is 10.2 Å². The maximum Gasteiger partial charge on any atom is 0.186 e. The fourth-order valence-corrected chi connectivity index (χ4v) is 4.52. The summed E-state index contributed by atoms with van der Waals surface area (Å²) in [6, 6.07) is 7.29. The van der Waals surface area contributed by atoms with Crippen molar-refractivity contribution in [2.45, 2.75) is 25.8 Å². The number of piperazine rings is 1. The summed E-state index contributed by atoms with van der Waals surface area (Å²) in [5, 5.41) is 4.25. The molecule has 1 aliphatic heterocycles. The van der Waals surface area contributed by atoms with Crippen LogP contribution in [0.4, 0.5) is 9.52 Å². The van der Waals surface area contributed by atoms with E-state index in [2.05, 4.69) is 28.7 Å². The van der Waals surface area contributed by atoms with Gasteiger partial charge in [0.05, 0.1) is 16.3 Å². The number of thiazole rings is 1. The van der Waals surface area contributed by atoms with Gasteiger partial charge in [0.25, 0.3) is 0 Å². The van der Waals surface area contributed by atoms with Crippen molar-refractivity contribution in [2.75, 3.05) is 38.1 Å². The Hall–Kier alpha value is -2.51. The first-order valence-corrected chi connectivity index (χ1v) is 11.2. The number of hydrogen-bond acceptors (Lipinski definition) is 6. The number of halogens is 1. The Morgan fingerprint density at radius 2 is 2.00 bits per heavy atom. The van der Waals surface area contributed by atoms with Gasteiger partial charge in [-0.25, -0.2) is 14.4 Å². The third kappa shape index (κ3) is 4.79. The summed E-state index contributed by atoms with van der Waals surface area (Å²) < 4.78 is 14.7. The van der Waals surface area contributed by atoms with Crippen molar-refractivity contribution < 1.29 is 4.39 Å². The zero-order valence-electron chi connectivity index (χ0n) is 17.6. The highest BCUT2D eigenvalue weighted by molar-refractivity contribution is 7.18. The molecule has 0 amide bonds. The van der Waals surface area contributed by atoms with Crippen molar-refractivity contribution in [1.29, 1.82) is 0 Å². The SMILES string of the molecule is C=C(/N=C(\C=C/C)c1sc(N2CCN(C)CC2)nc1-c1ccccc1F)NC1CC1. The third-order valence-electron chi connectivity index (χ3n) is 5.28. The number of aromatic nitrogens is 1. The van der Waals surface area contributed by atoms with Crippen LogP contribution in [0.1, 0.15) is 24.6 Å². The minimum atomic E-state index is -0.274. The van der Waals surface area contributed by atoms with Crippen LogP contribution in [0, 0.1) is 5.82 Å². The molecule has 1 aliphatic carbocycles. The molecule has 2 aromatic rings. The standard InChI is InChI=1S/C23H28FN5S/c1-4-7-20(26-16(2)25-17-10-11-17)22-21(18-8-5-6-9-19(18)24)27-23(30-22)29-14-12-28(3)13-15-29/h4-9,17,25H,2,10-15H2,1,3H3/b7-4-,26-20+. The lowest BCUT2D eigenvalue weighted by Crippen LogP contribution is -2.44. The number of rotatable bonds is 7. The average Bonchev–Trinajstić information content (AvgIpc) is 3.43. The van der Waals surface area contributed by atoms with Gasteiger partial charge in [-0.05, 0) is 45.0 Å². The summed E-state index contributed by atoms with van der Waals surface area (Å²) in [6.45, 7) is 9.82. The zero-order chi connectivity index (χ0) is 21.1. The van der Waals surface area contributed by atoms with Gasteiger partial charge in [0, 0.05) is 37.8 Å². The van der Waals surface area contributed by atoms with Crippen LogP contribution in [-0.2, 0) is 0 Å². The Morgan fingerprint density at radius 3 is 2.67 bits per heavy atom. The predicted molar refractivity (Wildman–Crippen MR) is 124 cm³/mol. The molecule has 2 fully saturated rings. The molecule has 0 bridgehead atoms. The number of hydrogen-bond donors (Lipinski definition) is 1. The van der Waals surface area contributed by atoms with Crippen molar-refractivity contribution in [3.63, 3.8) is 0 Å². The van der Waals surface area contributed by atoms with Crippen LogP contribution in [-0.4, -0.2) is 54.9 Å². The molecule has 1 aromatic carbocycles. The highest BCUT2D eigenvalue weighted by atomic mass is 32.1. The smallest absolute Gasteiger partial charge is 0.186 e. The Balaban J connectivity index is 1.76. The maximum absolute atomic E-state index is 14.7. The normalized spacial score (nSPS) is 18.2. The number of benzene rings is 1. The fourth-order valence-electron chi connectivity index (χ4n) is 3.41. The summed E-state index contributed by atoms with van der Waals surface area (Å²) in [5.41, 5.74) is 1.90. The van der Waals surface area contributed by atoms with Gasteiger partial charge in [-0.2, -0.15) is 0 Å². The van der Waals surface area contributed by atoms with Crippen LogP contribution >= 0.6 is 11.3 Å². The lowest BCUT2D eigenvalue weighted by atomic mass is 10.1. The monoisotopic (exact) mass is 425 g/mol. The number of nitrogens with zero attached hydrogens (tertiary/aromatic N) is 4. The van der Waals surface area contributed by atoms with Crippen LogP contribution in [0.25, 0.3) is 11.3 Å². The summed E-state index contributed by atoms with van der Waals surface area (Å²) in [6.07, 6.45) is 6.21. The van der Waals surface area contributed by atoms with E-state index in [0.717, 1.165) is 54.7 Å². The van der Waals surface area contributed by atoms with Crippen molar-refractivity contribution in [2.24, 2.45) is 4.99 Å². The molecule has 2 aliphatic rings. The van der Waals surface area contributed by atoms with Crippen LogP contribution in [0.5, 0.6) is 0 Å². The lowest BCUT2D eigenvalue weighted by molar-refractivity contribution is 0.313. The van der Waals surface area contributed by atoms with Crippen LogP contribution in [0.3, 0.4) is 0 Å². The first-order valence-electron chi connectivity index (χ1n) is 10.4. The summed E-state index contributed by atoms with van der Waals surface area (Å²) in [4.78, 5) is 15.1. The van der Waals surface area contributed by atoms with E-state index in [0.29, 0.717) is 23.1 Å². The summed E-state index contributed by atoms with van der Waals surface area (Å²) in [7, 11) is 2.13. The number of allylic oxidation sites excluding steroid dienone is 2. The molecule has 1 N–H and O–H groups in total. The molecule has 5 nitrogen and oxygen atoms in total. The quantitative estimate of drug-likeness (QED) is 0.672. The molecule has 4 rings (SSSR count). The van der Waals surface area contributed by atoms with Crippen molar-refractivity contribution in [3.05, 3.63) is 59.5 Å². The summed E-state index contributed by atoms with van der Waals surface area (Å²) >= 11 is 1.57. The van der Waals surface area contributed by atoms with E-state index in [4.69, 9.17) is 9.98 Å². The highest BCUT2D eigenvalue weighted by Crippen LogP contribution is 2.36. The topological polar surface area (TPSA) is 43.8 Å². The minimum Gasteiger partial charge on any atom is -0.368 e. The van der Waals surface area contributed by atoms with E-state index in [1.165, 1.54) is 6.07 Å². The van der Waals surface area contributed by atoms with E-state index in [-0.39, 0.29) is 5.82 Å². The fraction of sp³-hybridized carbons (Fsp3) is 0.391. The van der Waals surface area contributed by atoms with Gasteiger partial charge in [-0.3, -0.25) is 0 Å². The van der Waals surface area contributed by atoms with E-state index in [1.54, 1.807) is 23.5 Å². The van der Waals surface area contributed by atoms with Crippen LogP contribution in [0.15, 0.2) is 53.8 Å². The second-order valence-corrected chi connectivity index (χ2v) is 8.78. The Labute approximate surface area is 181 Å². The second-order valence-electron chi connectivity index (χ2n) is 7.81. The van der Waals surface area contributed by atoms with Gasteiger partial charge < -0.3 is 15.1 Å². The second kappa shape index (κ2) is 9.10. The van der Waals surface area contributed by atoms with Gasteiger partial charge in [-0.1, -0.05) is 36.1 Å². The first-order chi connectivity index (χ1) is 14.5. The largest absolute Gasteiger partial charge is 0.368 e. The van der Waals surface area contributed by atoms with Gasteiger partial charge in [-0.15, -0.1) is 0 Å². The average molecular weight is 426 g/mol. The van der Waals surface area contributed by atoms with Gasteiger partial charge in [0.2, 0.25) is 0 Å². The number of anilines is 1. The molecular formula is C23H28FN5S. The summed E-state index contributed by atoms with van der Waals surface area (Å²) in [5.74, 6) is 0.364. The van der Waals surface area contributed by atoms with Gasteiger partial charge in [0.15, 0.2) is 5.13 Å². The molecule has 1 aromatic heterocycles. The number of nitrogens with one attached hydrogen (secondary N) is 1. The van der Waals surface area contributed by atoms with E-state index >= 15 is 0 Å². The Kier molecular flexibility index (Phi) is 6.29. The zero-order valence-corrected chi connectivity index (χ0v) is 18.4. The molecule has 1 saturated carbocycles. The third-order valence-corrected chi connectivity index (χ3v) is 6.42. The van der Waals surface area contributed by atoms with Crippen molar-refractivity contribution >= 4 is 22.2 Å². The molecule has 0 spiro atoms.